The Bertz CT molecular complexity index is 503. The maximum Gasteiger partial charge on any atom is 0.242 e. The first kappa shape index (κ1) is 13.6. The van der Waals surface area contributed by atoms with Crippen molar-refractivity contribution in [1.82, 2.24) is 9.29 Å². The molecule has 102 valence electrons. The number of nitrogens with one attached hydrogen (secondary N) is 1. The quantitative estimate of drug-likeness (QED) is 0.735. The average Bonchev–Trinajstić information content (AvgIpc) is 3.08. The highest BCUT2D eigenvalue weighted by Crippen LogP contribution is 2.37. The van der Waals surface area contributed by atoms with Gasteiger partial charge < -0.3 is 10.3 Å². The van der Waals surface area contributed by atoms with Gasteiger partial charge in [0, 0.05) is 31.0 Å². The number of rotatable bonds is 7. The molecule has 0 unspecified atom stereocenters. The molecule has 18 heavy (non-hydrogen) atoms. The SMILES string of the molecule is CCCCNS(=O)(=O)c1cc(CN)n(C2CC2)c1. The minimum absolute atomic E-state index is 0.339. The van der Waals surface area contributed by atoms with E-state index in [1.165, 1.54) is 0 Å². The Kier molecular flexibility index (Phi) is 4.09. The molecule has 1 aromatic heterocycles. The summed E-state index contributed by atoms with van der Waals surface area (Å²) < 4.78 is 28.8. The van der Waals surface area contributed by atoms with Crippen LogP contribution in [0.15, 0.2) is 17.2 Å². The van der Waals surface area contributed by atoms with Crippen molar-refractivity contribution in [2.24, 2.45) is 5.73 Å². The molecule has 5 nitrogen and oxygen atoms in total. The molecule has 1 aliphatic carbocycles. The van der Waals surface area contributed by atoms with Crippen LogP contribution in [0, 0.1) is 0 Å². The van der Waals surface area contributed by atoms with Crippen molar-refractivity contribution in [1.29, 1.82) is 0 Å². The molecule has 1 heterocycles. The van der Waals surface area contributed by atoms with Crippen molar-refractivity contribution in [3.05, 3.63) is 18.0 Å². The van der Waals surface area contributed by atoms with Gasteiger partial charge in [-0.25, -0.2) is 13.1 Å². The maximum atomic E-state index is 12.1. The number of nitrogens with zero attached hydrogens (tertiary/aromatic N) is 1. The standard InChI is InChI=1S/C12H21N3O2S/c1-2-3-6-14-18(16,17)12-7-11(8-13)15(9-12)10-4-5-10/h7,9-10,14H,2-6,8,13H2,1H3. The predicted molar refractivity (Wildman–Crippen MR) is 70.7 cm³/mol. The molecular formula is C12H21N3O2S. The molecule has 0 aromatic carbocycles. The summed E-state index contributed by atoms with van der Waals surface area (Å²) in [7, 11) is -3.38. The van der Waals surface area contributed by atoms with E-state index in [4.69, 9.17) is 5.73 Å². The molecule has 1 saturated carbocycles. The lowest BCUT2D eigenvalue weighted by atomic mass is 10.3. The monoisotopic (exact) mass is 271 g/mol. The number of hydrogen-bond acceptors (Lipinski definition) is 3. The van der Waals surface area contributed by atoms with E-state index in [0.717, 1.165) is 31.4 Å². The van der Waals surface area contributed by atoms with Gasteiger partial charge in [0.15, 0.2) is 0 Å². The summed E-state index contributed by atoms with van der Waals surface area (Å²) in [5, 5.41) is 0. The predicted octanol–water partition coefficient (Wildman–Crippen LogP) is 1.36. The molecule has 1 fully saturated rings. The Hall–Kier alpha value is -0.850. The first-order valence-electron chi connectivity index (χ1n) is 6.49. The molecule has 2 rings (SSSR count). The smallest absolute Gasteiger partial charge is 0.242 e. The van der Waals surface area contributed by atoms with Gasteiger partial charge in [-0.2, -0.15) is 0 Å². The second-order valence-electron chi connectivity index (χ2n) is 4.76. The molecule has 1 aliphatic rings. The lowest BCUT2D eigenvalue weighted by Crippen LogP contribution is -2.24. The number of hydrogen-bond donors (Lipinski definition) is 2. The van der Waals surface area contributed by atoms with Crippen LogP contribution in [0.2, 0.25) is 0 Å². The summed E-state index contributed by atoms with van der Waals surface area (Å²) in [6, 6.07) is 2.13. The van der Waals surface area contributed by atoms with Crippen LogP contribution in [-0.2, 0) is 16.6 Å². The van der Waals surface area contributed by atoms with Crippen molar-refractivity contribution in [3.63, 3.8) is 0 Å². The van der Waals surface area contributed by atoms with Gasteiger partial charge >= 0.3 is 0 Å². The van der Waals surface area contributed by atoms with Crippen LogP contribution in [0.25, 0.3) is 0 Å². The third kappa shape index (κ3) is 2.93. The summed E-state index contributed by atoms with van der Waals surface area (Å²) in [5.74, 6) is 0. The molecule has 3 N–H and O–H groups in total. The van der Waals surface area contributed by atoms with Crippen molar-refractivity contribution in [3.8, 4) is 0 Å². The van der Waals surface area contributed by atoms with Crippen molar-refractivity contribution >= 4 is 10.0 Å². The molecule has 0 aliphatic heterocycles. The van der Waals surface area contributed by atoms with E-state index in [1.54, 1.807) is 12.3 Å². The highest BCUT2D eigenvalue weighted by atomic mass is 32.2. The van der Waals surface area contributed by atoms with Crippen LogP contribution in [0.3, 0.4) is 0 Å². The van der Waals surface area contributed by atoms with E-state index in [2.05, 4.69) is 4.72 Å². The van der Waals surface area contributed by atoms with Crippen LogP contribution >= 0.6 is 0 Å². The zero-order valence-corrected chi connectivity index (χ0v) is 11.5. The molecular weight excluding hydrogens is 250 g/mol. The fourth-order valence-electron chi connectivity index (χ4n) is 1.97. The van der Waals surface area contributed by atoms with Crippen LogP contribution in [0.1, 0.15) is 44.3 Å². The Morgan fingerprint density at radius 3 is 2.78 bits per heavy atom. The third-order valence-corrected chi connectivity index (χ3v) is 4.62. The second kappa shape index (κ2) is 5.42. The lowest BCUT2D eigenvalue weighted by Gasteiger charge is -2.04. The van der Waals surface area contributed by atoms with Gasteiger partial charge in [-0.1, -0.05) is 13.3 Å². The van der Waals surface area contributed by atoms with E-state index in [-0.39, 0.29) is 0 Å². The molecule has 1 aromatic rings. The first-order valence-corrected chi connectivity index (χ1v) is 7.97. The van der Waals surface area contributed by atoms with Crippen molar-refractivity contribution < 1.29 is 8.42 Å². The maximum absolute atomic E-state index is 12.1. The Labute approximate surface area is 108 Å². The highest BCUT2D eigenvalue weighted by molar-refractivity contribution is 7.89. The summed E-state index contributed by atoms with van der Waals surface area (Å²) in [6.45, 7) is 2.90. The largest absolute Gasteiger partial charge is 0.346 e. The number of sulfonamides is 1. The van der Waals surface area contributed by atoms with Crippen LogP contribution in [0.4, 0.5) is 0 Å². The van der Waals surface area contributed by atoms with E-state index >= 15 is 0 Å². The molecule has 0 saturated heterocycles. The average molecular weight is 271 g/mol. The highest BCUT2D eigenvalue weighted by Gasteiger charge is 2.27. The van der Waals surface area contributed by atoms with Crippen LogP contribution in [0.5, 0.6) is 0 Å². The minimum Gasteiger partial charge on any atom is -0.346 e. The van der Waals surface area contributed by atoms with Crippen LogP contribution < -0.4 is 10.5 Å². The van der Waals surface area contributed by atoms with Crippen LogP contribution in [-0.4, -0.2) is 19.5 Å². The van der Waals surface area contributed by atoms with E-state index in [1.807, 2.05) is 11.5 Å². The fourth-order valence-corrected chi connectivity index (χ4v) is 3.09. The number of unbranched alkanes of at least 4 members (excludes halogenated alkanes) is 1. The first-order chi connectivity index (χ1) is 8.58. The summed E-state index contributed by atoms with van der Waals surface area (Å²) in [5.41, 5.74) is 6.56. The zero-order chi connectivity index (χ0) is 13.2. The van der Waals surface area contributed by atoms with E-state index < -0.39 is 10.0 Å². The van der Waals surface area contributed by atoms with Gasteiger partial charge in [-0.05, 0) is 25.3 Å². The Balaban J connectivity index is 2.16. The van der Waals surface area contributed by atoms with E-state index in [9.17, 15) is 8.42 Å². The lowest BCUT2D eigenvalue weighted by molar-refractivity contribution is 0.578. The van der Waals surface area contributed by atoms with Gasteiger partial charge in [0.1, 0.15) is 0 Å². The molecule has 0 bridgehead atoms. The van der Waals surface area contributed by atoms with Gasteiger partial charge in [0.25, 0.3) is 0 Å². The molecule has 0 amide bonds. The summed E-state index contributed by atoms with van der Waals surface area (Å²) in [6.07, 6.45) is 5.77. The number of nitrogens with two attached hydrogens (primary N) is 1. The van der Waals surface area contributed by atoms with Crippen molar-refractivity contribution in [2.45, 2.75) is 50.1 Å². The van der Waals surface area contributed by atoms with E-state index in [0.29, 0.717) is 24.0 Å². The van der Waals surface area contributed by atoms with Gasteiger partial charge in [0.05, 0.1) is 4.90 Å². The Morgan fingerprint density at radius 1 is 1.50 bits per heavy atom. The van der Waals surface area contributed by atoms with Gasteiger partial charge in [-0.15, -0.1) is 0 Å². The fraction of sp³-hybridized carbons (Fsp3) is 0.667. The zero-order valence-electron chi connectivity index (χ0n) is 10.7. The van der Waals surface area contributed by atoms with Gasteiger partial charge in [0.2, 0.25) is 10.0 Å². The molecule has 0 spiro atoms. The molecule has 0 atom stereocenters. The second-order valence-corrected chi connectivity index (χ2v) is 6.53. The summed E-state index contributed by atoms with van der Waals surface area (Å²) >= 11 is 0. The topological polar surface area (TPSA) is 77.1 Å². The third-order valence-electron chi connectivity index (χ3n) is 3.19. The number of aromatic nitrogens is 1. The molecule has 0 radical (unpaired) electrons. The van der Waals surface area contributed by atoms with Crippen molar-refractivity contribution in [2.75, 3.05) is 6.54 Å². The Morgan fingerprint density at radius 2 is 2.22 bits per heavy atom. The van der Waals surface area contributed by atoms with Gasteiger partial charge in [-0.3, -0.25) is 0 Å². The summed E-state index contributed by atoms with van der Waals surface area (Å²) in [4.78, 5) is 0.339. The normalized spacial score (nSPS) is 16.1. The molecule has 6 heteroatoms. The minimum atomic E-state index is -3.38.